The molecule has 112 valence electrons. The van der Waals surface area contributed by atoms with E-state index in [9.17, 15) is 14.4 Å². The Morgan fingerprint density at radius 1 is 0.800 bits per heavy atom. The van der Waals surface area contributed by atoms with Crippen LogP contribution in [0.3, 0.4) is 0 Å². The second-order valence-corrected chi connectivity index (χ2v) is 5.51. The topological polar surface area (TPSA) is 72.9 Å². The zero-order valence-corrected chi connectivity index (χ0v) is 12.1. The highest BCUT2D eigenvalue weighted by molar-refractivity contribution is 5.75. The van der Waals surface area contributed by atoms with Crippen molar-refractivity contribution in [3.05, 3.63) is 0 Å². The summed E-state index contributed by atoms with van der Waals surface area (Å²) in [7, 11) is 0. The molecule has 0 unspecified atom stereocenters. The van der Waals surface area contributed by atoms with E-state index in [2.05, 4.69) is 0 Å². The molecule has 2 saturated heterocycles. The Balaban J connectivity index is 2.16. The van der Waals surface area contributed by atoms with Crippen molar-refractivity contribution in [3.8, 4) is 0 Å². The minimum atomic E-state index is -0.320. The van der Waals surface area contributed by atoms with E-state index >= 15 is 0 Å². The summed E-state index contributed by atoms with van der Waals surface area (Å²) >= 11 is 0. The fraction of sp³-hybridized carbons (Fsp3) is 0.786. The molecule has 6 nitrogen and oxygen atoms in total. The van der Waals surface area contributed by atoms with E-state index in [0.717, 1.165) is 0 Å². The number of rotatable bonds is 2. The van der Waals surface area contributed by atoms with Gasteiger partial charge in [-0.25, -0.2) is 0 Å². The smallest absolute Gasteiger partial charge is 0.302 e. The number of amides is 1. The monoisotopic (exact) mass is 283 g/mol. The molecular weight excluding hydrogens is 262 g/mol. The number of carbonyl (C=O) groups excluding carboxylic acids is 3. The van der Waals surface area contributed by atoms with Crippen molar-refractivity contribution in [2.45, 2.75) is 70.7 Å². The molecule has 2 heterocycles. The van der Waals surface area contributed by atoms with Crippen molar-refractivity contribution < 1.29 is 23.9 Å². The normalized spacial score (nSPS) is 32.5. The fourth-order valence-electron chi connectivity index (χ4n) is 3.48. The van der Waals surface area contributed by atoms with E-state index < -0.39 is 0 Å². The maximum absolute atomic E-state index is 11.9. The number of piperidine rings is 2. The van der Waals surface area contributed by atoms with Crippen LogP contribution in [0, 0.1) is 0 Å². The van der Waals surface area contributed by atoms with Crippen molar-refractivity contribution in [2.24, 2.45) is 0 Å². The Morgan fingerprint density at radius 3 is 1.50 bits per heavy atom. The highest BCUT2D eigenvalue weighted by Crippen LogP contribution is 2.37. The van der Waals surface area contributed by atoms with Gasteiger partial charge in [0.2, 0.25) is 5.91 Å². The van der Waals surface area contributed by atoms with Gasteiger partial charge in [0.1, 0.15) is 12.2 Å². The lowest BCUT2D eigenvalue weighted by atomic mass is 9.80. The first-order valence-electron chi connectivity index (χ1n) is 7.03. The molecule has 0 aromatic carbocycles. The Bertz CT molecular complexity index is 390. The van der Waals surface area contributed by atoms with Crippen LogP contribution in [0.1, 0.15) is 46.5 Å². The number of hydrogen-bond acceptors (Lipinski definition) is 5. The van der Waals surface area contributed by atoms with Gasteiger partial charge >= 0.3 is 11.9 Å². The third-order valence-corrected chi connectivity index (χ3v) is 4.07. The quantitative estimate of drug-likeness (QED) is 0.708. The van der Waals surface area contributed by atoms with E-state index in [-0.39, 0.29) is 42.1 Å². The molecule has 2 rings (SSSR count). The van der Waals surface area contributed by atoms with Gasteiger partial charge in [-0.05, 0) is 25.7 Å². The molecule has 0 spiro atoms. The number of fused-ring (bicyclic) bond motifs is 2. The van der Waals surface area contributed by atoms with Gasteiger partial charge in [-0.1, -0.05) is 0 Å². The molecule has 2 fully saturated rings. The largest absolute Gasteiger partial charge is 0.460 e. The van der Waals surface area contributed by atoms with Crippen LogP contribution in [0.4, 0.5) is 0 Å². The van der Waals surface area contributed by atoms with Gasteiger partial charge in [-0.15, -0.1) is 0 Å². The molecule has 0 saturated carbocycles. The number of carbonyl (C=O) groups is 3. The van der Waals surface area contributed by atoms with Crippen LogP contribution in [-0.2, 0) is 23.9 Å². The maximum Gasteiger partial charge on any atom is 0.302 e. The van der Waals surface area contributed by atoms with Gasteiger partial charge in [-0.2, -0.15) is 0 Å². The SMILES string of the molecule is CC(=O)O[C@H]1CC[C@@H]2[C@H](OC(C)=O)CC[C@H]1N2C(C)=O. The number of nitrogens with zero attached hydrogens (tertiary/aromatic N) is 1. The fourth-order valence-corrected chi connectivity index (χ4v) is 3.48. The molecular formula is C14H21NO5. The Morgan fingerprint density at radius 2 is 1.20 bits per heavy atom. The van der Waals surface area contributed by atoms with Crippen LogP contribution in [-0.4, -0.2) is 47.0 Å². The van der Waals surface area contributed by atoms with Crippen molar-refractivity contribution in [1.29, 1.82) is 0 Å². The average Bonchev–Trinajstić information content (AvgIpc) is 2.33. The van der Waals surface area contributed by atoms with Gasteiger partial charge < -0.3 is 14.4 Å². The third kappa shape index (κ3) is 2.94. The van der Waals surface area contributed by atoms with E-state index in [1.54, 1.807) is 4.90 Å². The minimum absolute atomic E-state index is 0.0614. The lowest BCUT2D eigenvalue weighted by molar-refractivity contribution is -0.177. The standard InChI is InChI=1S/C14H21NO5/c1-8(16)15-11-5-7-14(20-10(3)18)12(15)4-6-13(11)19-9(2)17/h11-14H,4-7H2,1-3H3/t11-,12-,13-,14+/m1/s1. The number of hydrogen-bond donors (Lipinski definition) is 0. The van der Waals surface area contributed by atoms with Crippen LogP contribution in [0.2, 0.25) is 0 Å². The first-order chi connectivity index (χ1) is 9.40. The molecule has 2 aliphatic heterocycles. The lowest BCUT2D eigenvalue weighted by Gasteiger charge is -2.51. The van der Waals surface area contributed by atoms with E-state index in [4.69, 9.17) is 9.47 Å². The lowest BCUT2D eigenvalue weighted by Crippen LogP contribution is -2.63. The maximum atomic E-state index is 11.9. The number of esters is 2. The molecule has 2 aliphatic rings. The first-order valence-corrected chi connectivity index (χ1v) is 7.03. The van der Waals surface area contributed by atoms with E-state index in [1.165, 1.54) is 20.8 Å². The van der Waals surface area contributed by atoms with Crippen LogP contribution < -0.4 is 0 Å². The zero-order valence-electron chi connectivity index (χ0n) is 12.1. The summed E-state index contributed by atoms with van der Waals surface area (Å²) in [5, 5.41) is 0. The van der Waals surface area contributed by atoms with Gasteiger partial charge in [0.05, 0.1) is 12.1 Å². The second kappa shape index (κ2) is 5.81. The molecule has 0 aromatic heterocycles. The molecule has 6 heteroatoms. The zero-order chi connectivity index (χ0) is 14.9. The summed E-state index contributed by atoms with van der Waals surface area (Å²) < 4.78 is 10.7. The summed E-state index contributed by atoms with van der Waals surface area (Å²) in [4.78, 5) is 36.0. The highest BCUT2D eigenvalue weighted by Gasteiger charge is 2.47. The van der Waals surface area contributed by atoms with Gasteiger partial charge in [0.15, 0.2) is 0 Å². The molecule has 4 atom stereocenters. The van der Waals surface area contributed by atoms with Gasteiger partial charge in [0.25, 0.3) is 0 Å². The van der Waals surface area contributed by atoms with Gasteiger partial charge in [0, 0.05) is 20.8 Å². The van der Waals surface area contributed by atoms with E-state index in [0.29, 0.717) is 25.7 Å². The molecule has 0 aromatic rings. The molecule has 2 bridgehead atoms. The summed E-state index contributed by atoms with van der Waals surface area (Å²) in [6, 6.07) is -0.191. The van der Waals surface area contributed by atoms with Crippen molar-refractivity contribution in [3.63, 3.8) is 0 Å². The van der Waals surface area contributed by atoms with Crippen molar-refractivity contribution in [1.82, 2.24) is 4.90 Å². The summed E-state index contributed by atoms with van der Waals surface area (Å²) in [6.45, 7) is 4.27. The third-order valence-electron chi connectivity index (χ3n) is 4.07. The van der Waals surface area contributed by atoms with Crippen LogP contribution >= 0.6 is 0 Å². The summed E-state index contributed by atoms with van der Waals surface area (Å²) in [5.41, 5.74) is 0. The van der Waals surface area contributed by atoms with Crippen LogP contribution in [0.5, 0.6) is 0 Å². The van der Waals surface area contributed by atoms with Gasteiger partial charge in [-0.3, -0.25) is 14.4 Å². The molecule has 0 aliphatic carbocycles. The van der Waals surface area contributed by atoms with Crippen molar-refractivity contribution >= 4 is 17.8 Å². The first kappa shape index (κ1) is 14.8. The number of ether oxygens (including phenoxy) is 2. The van der Waals surface area contributed by atoms with Crippen LogP contribution in [0.15, 0.2) is 0 Å². The average molecular weight is 283 g/mol. The van der Waals surface area contributed by atoms with Crippen molar-refractivity contribution in [2.75, 3.05) is 0 Å². The minimum Gasteiger partial charge on any atom is -0.460 e. The predicted octanol–water partition coefficient (Wildman–Crippen LogP) is 1.02. The van der Waals surface area contributed by atoms with Crippen LogP contribution in [0.25, 0.3) is 0 Å². The second-order valence-electron chi connectivity index (χ2n) is 5.51. The molecule has 20 heavy (non-hydrogen) atoms. The van der Waals surface area contributed by atoms with E-state index in [1.807, 2.05) is 0 Å². The predicted molar refractivity (Wildman–Crippen MR) is 69.7 cm³/mol. The highest BCUT2D eigenvalue weighted by atomic mass is 16.6. The summed E-state index contributed by atoms with van der Waals surface area (Å²) in [6.07, 6.45) is 2.29. The molecule has 1 amide bonds. The Hall–Kier alpha value is -1.59. The molecule has 0 N–H and O–H groups in total. The Kier molecular flexibility index (Phi) is 4.30. The summed E-state index contributed by atoms with van der Waals surface area (Å²) in [5.74, 6) is -0.702. The molecule has 0 radical (unpaired) electrons. The Labute approximate surface area is 118 Å².